The zero-order valence-electron chi connectivity index (χ0n) is 31.6. The molecule has 0 aromatic carbocycles. The Morgan fingerprint density at radius 1 is 0.455 bits per heavy atom. The van der Waals surface area contributed by atoms with E-state index in [2.05, 4.69) is 83.1 Å². The molecular formula is C38H74N2O4. The zero-order chi connectivity index (χ0) is 34.6. The van der Waals surface area contributed by atoms with Crippen LogP contribution in [0, 0.1) is 47.3 Å². The number of Topliss-reactive ketones (excluding diaryl/α,β-unsaturated/α-hetero) is 2. The third-order valence-electron chi connectivity index (χ3n) is 8.24. The molecule has 0 aromatic rings. The summed E-state index contributed by atoms with van der Waals surface area (Å²) >= 11 is 0. The predicted octanol–water partition coefficient (Wildman–Crippen LogP) is 9.10. The molecule has 44 heavy (non-hydrogen) atoms. The number of nitrogens with zero attached hydrogens (tertiary/aromatic N) is 2. The largest absolute Gasteiger partial charge is 0.343 e. The van der Waals surface area contributed by atoms with Crippen LogP contribution in [0.1, 0.15) is 148 Å². The highest BCUT2D eigenvalue weighted by Gasteiger charge is 2.24. The fraction of sp³-hybridized carbons (Fsp3) is 0.895. The first-order valence-corrected chi connectivity index (χ1v) is 17.9. The van der Waals surface area contributed by atoms with Gasteiger partial charge < -0.3 is 9.80 Å². The third kappa shape index (κ3) is 22.7. The van der Waals surface area contributed by atoms with Crippen molar-refractivity contribution < 1.29 is 19.2 Å². The minimum absolute atomic E-state index is 0.197. The van der Waals surface area contributed by atoms with Crippen LogP contribution in [0.25, 0.3) is 0 Å². The van der Waals surface area contributed by atoms with E-state index in [1.165, 1.54) is 25.7 Å². The first-order chi connectivity index (χ1) is 20.3. The van der Waals surface area contributed by atoms with E-state index in [9.17, 15) is 19.2 Å². The summed E-state index contributed by atoms with van der Waals surface area (Å²) in [5.74, 6) is 4.95. The highest BCUT2D eigenvalue weighted by Crippen LogP contribution is 2.18. The van der Waals surface area contributed by atoms with Gasteiger partial charge in [-0.05, 0) is 61.2 Å². The average Bonchev–Trinajstić information content (AvgIpc) is 3.61. The minimum atomic E-state index is 0.197. The Kier molecular flexibility index (Phi) is 24.7. The lowest BCUT2D eigenvalue weighted by Crippen LogP contribution is -2.34. The van der Waals surface area contributed by atoms with Gasteiger partial charge in [-0.25, -0.2) is 0 Å². The van der Waals surface area contributed by atoms with Crippen molar-refractivity contribution in [1.82, 2.24) is 9.80 Å². The molecule has 2 heterocycles. The van der Waals surface area contributed by atoms with Gasteiger partial charge in [-0.1, -0.05) is 96.9 Å². The maximum absolute atomic E-state index is 11.7. The van der Waals surface area contributed by atoms with Crippen LogP contribution in [-0.4, -0.2) is 59.4 Å². The third-order valence-corrected chi connectivity index (χ3v) is 8.24. The van der Waals surface area contributed by atoms with E-state index in [0.29, 0.717) is 58.9 Å². The topological polar surface area (TPSA) is 74.8 Å². The van der Waals surface area contributed by atoms with E-state index in [0.717, 1.165) is 51.9 Å². The zero-order valence-corrected chi connectivity index (χ0v) is 31.6. The molecule has 6 heteroatoms. The van der Waals surface area contributed by atoms with Crippen LogP contribution in [0.4, 0.5) is 0 Å². The fourth-order valence-corrected chi connectivity index (χ4v) is 4.91. The van der Waals surface area contributed by atoms with Crippen LogP contribution < -0.4 is 0 Å². The number of ketones is 2. The van der Waals surface area contributed by atoms with Gasteiger partial charge in [-0.3, -0.25) is 19.2 Å². The molecule has 0 bridgehead atoms. The monoisotopic (exact) mass is 623 g/mol. The maximum Gasteiger partial charge on any atom is 0.225 e. The van der Waals surface area contributed by atoms with Crippen LogP contribution in [0.15, 0.2) is 0 Å². The predicted molar refractivity (Wildman–Crippen MR) is 187 cm³/mol. The number of hydrogen-bond donors (Lipinski definition) is 0. The molecule has 0 spiro atoms. The lowest BCUT2D eigenvalue weighted by molar-refractivity contribution is -0.135. The first kappa shape index (κ1) is 44.4. The maximum atomic E-state index is 11.7. The van der Waals surface area contributed by atoms with Crippen LogP contribution in [0.3, 0.4) is 0 Å². The number of likely N-dealkylation sites (tertiary alicyclic amines) is 2. The van der Waals surface area contributed by atoms with Crippen LogP contribution in [0.5, 0.6) is 0 Å². The smallest absolute Gasteiger partial charge is 0.225 e. The molecular weight excluding hydrogens is 548 g/mol. The van der Waals surface area contributed by atoms with Crippen molar-refractivity contribution in [2.24, 2.45) is 47.3 Å². The lowest BCUT2D eigenvalue weighted by atomic mass is 9.89. The lowest BCUT2D eigenvalue weighted by Gasteiger charge is -2.22. The quantitative estimate of drug-likeness (QED) is 0.218. The highest BCUT2D eigenvalue weighted by molar-refractivity contribution is 5.81. The van der Waals surface area contributed by atoms with Gasteiger partial charge in [0.15, 0.2) is 0 Å². The van der Waals surface area contributed by atoms with Crippen molar-refractivity contribution >= 4 is 23.4 Å². The summed E-state index contributed by atoms with van der Waals surface area (Å²) in [5.41, 5.74) is 0. The van der Waals surface area contributed by atoms with Gasteiger partial charge in [-0.2, -0.15) is 0 Å². The molecule has 0 N–H and O–H groups in total. The summed E-state index contributed by atoms with van der Waals surface area (Å²) < 4.78 is 0. The van der Waals surface area contributed by atoms with E-state index >= 15 is 0 Å². The fourth-order valence-electron chi connectivity index (χ4n) is 4.91. The van der Waals surface area contributed by atoms with Gasteiger partial charge in [-0.15, -0.1) is 0 Å². The molecule has 0 saturated carbocycles. The molecule has 2 saturated heterocycles. The van der Waals surface area contributed by atoms with E-state index in [-0.39, 0.29) is 11.8 Å². The molecule has 2 atom stereocenters. The van der Waals surface area contributed by atoms with Crippen molar-refractivity contribution in [3.05, 3.63) is 0 Å². The van der Waals surface area contributed by atoms with Gasteiger partial charge in [0.05, 0.1) is 0 Å². The number of carbonyl (C=O) groups excluding carboxylic acids is 4. The second-order valence-electron chi connectivity index (χ2n) is 15.6. The van der Waals surface area contributed by atoms with E-state index in [1.54, 1.807) is 0 Å². The van der Waals surface area contributed by atoms with E-state index in [1.807, 2.05) is 23.6 Å². The normalized spacial score (nSPS) is 16.0. The van der Waals surface area contributed by atoms with E-state index in [4.69, 9.17) is 0 Å². The molecule has 0 aromatic heterocycles. The summed E-state index contributed by atoms with van der Waals surface area (Å²) in [5, 5.41) is 0. The second kappa shape index (κ2) is 24.5. The van der Waals surface area contributed by atoms with Crippen molar-refractivity contribution in [3.63, 3.8) is 0 Å². The van der Waals surface area contributed by atoms with Crippen molar-refractivity contribution in [1.29, 1.82) is 0 Å². The van der Waals surface area contributed by atoms with Crippen LogP contribution in [0.2, 0.25) is 0 Å². The highest BCUT2D eigenvalue weighted by atomic mass is 16.2. The SMILES string of the molecule is CC(C)C(C)C(=O)N1CCCC1.CC(C)CC(=O)C(C)C(C)C.CC(C)CC(=O)CC(C)C.CC(C)CC(=O)N1CCCC1. The molecule has 2 aliphatic rings. The molecule has 0 radical (unpaired) electrons. The molecule has 2 amide bonds. The molecule has 0 aliphatic carbocycles. The summed E-state index contributed by atoms with van der Waals surface area (Å²) in [7, 11) is 0. The van der Waals surface area contributed by atoms with Crippen molar-refractivity contribution in [2.75, 3.05) is 26.2 Å². The Morgan fingerprint density at radius 3 is 1.11 bits per heavy atom. The van der Waals surface area contributed by atoms with Crippen LogP contribution >= 0.6 is 0 Å². The average molecular weight is 623 g/mol. The minimum Gasteiger partial charge on any atom is -0.343 e. The van der Waals surface area contributed by atoms with Crippen molar-refractivity contribution in [3.8, 4) is 0 Å². The van der Waals surface area contributed by atoms with Gasteiger partial charge in [0.1, 0.15) is 11.6 Å². The molecule has 6 nitrogen and oxygen atoms in total. The Balaban J connectivity index is 0. The van der Waals surface area contributed by atoms with Gasteiger partial charge in [0, 0.05) is 63.7 Å². The number of carbonyl (C=O) groups is 4. The Hall–Kier alpha value is -1.72. The summed E-state index contributed by atoms with van der Waals surface area (Å²) in [6, 6.07) is 0. The standard InChI is InChI=1S/C10H19NO.C10H20O.C9H17NO.C9H18O/c1-8(2)9(3)10(12)11-6-4-5-7-11;1-7(2)6-10(11)9(5)8(3)4;1-8(2)7-9(11)10-5-3-4-6-10;1-7(2)5-9(10)6-8(3)4/h8-9H,4-7H2,1-3H3;7-9H,6H2,1-5H3;8H,3-7H2,1-2H3;7-8H,5-6H2,1-4H3. The first-order valence-electron chi connectivity index (χ1n) is 17.9. The van der Waals surface area contributed by atoms with Crippen molar-refractivity contribution in [2.45, 2.75) is 148 Å². The number of rotatable bonds is 12. The summed E-state index contributed by atoms with van der Waals surface area (Å²) in [4.78, 5) is 49.5. The number of hydrogen-bond acceptors (Lipinski definition) is 4. The summed E-state index contributed by atoms with van der Waals surface area (Å²) in [6.07, 6.45) is 7.73. The summed E-state index contributed by atoms with van der Waals surface area (Å²) in [6.45, 7) is 33.1. The van der Waals surface area contributed by atoms with Gasteiger partial charge in [0.2, 0.25) is 11.8 Å². The van der Waals surface area contributed by atoms with E-state index < -0.39 is 0 Å². The molecule has 2 rings (SSSR count). The van der Waals surface area contributed by atoms with Gasteiger partial charge in [0.25, 0.3) is 0 Å². The molecule has 2 unspecified atom stereocenters. The molecule has 2 aliphatic heterocycles. The molecule has 260 valence electrons. The number of amides is 2. The Bertz CT molecular complexity index is 753. The Morgan fingerprint density at radius 2 is 0.795 bits per heavy atom. The van der Waals surface area contributed by atoms with Crippen LogP contribution in [-0.2, 0) is 19.2 Å². The second-order valence-corrected chi connectivity index (χ2v) is 15.6. The Labute approximate surface area is 273 Å². The van der Waals surface area contributed by atoms with Gasteiger partial charge >= 0.3 is 0 Å². The molecule has 2 fully saturated rings.